The lowest BCUT2D eigenvalue weighted by atomic mass is 10.1. The zero-order valence-electron chi connectivity index (χ0n) is 17.2. The van der Waals surface area contributed by atoms with Crippen LogP contribution < -0.4 is 16.4 Å². The first-order valence-corrected chi connectivity index (χ1v) is 9.49. The van der Waals surface area contributed by atoms with Crippen molar-refractivity contribution in [3.05, 3.63) is 36.5 Å². The van der Waals surface area contributed by atoms with Gasteiger partial charge in [-0.25, -0.2) is 4.79 Å². The highest BCUT2D eigenvalue weighted by Gasteiger charge is 2.12. The first kappa shape index (κ1) is 23.4. The number of unbranched alkanes of at least 4 members (excludes halogenated alkanes) is 2. The van der Waals surface area contributed by atoms with Gasteiger partial charge in [0.15, 0.2) is 0 Å². The second-order valence-corrected chi connectivity index (χ2v) is 7.38. The van der Waals surface area contributed by atoms with Crippen LogP contribution in [0, 0.1) is 0 Å². The number of carbonyl (C=O) groups is 2. The van der Waals surface area contributed by atoms with Crippen LogP contribution in [0.2, 0.25) is 0 Å². The zero-order chi connectivity index (χ0) is 21.0. The van der Waals surface area contributed by atoms with Gasteiger partial charge in [0.05, 0.1) is 11.2 Å². The van der Waals surface area contributed by atoms with E-state index in [2.05, 4.69) is 20.4 Å². The molecule has 0 aliphatic carbocycles. The fraction of sp³-hybridized carbons (Fsp3) is 0.476. The second-order valence-electron chi connectivity index (χ2n) is 7.38. The van der Waals surface area contributed by atoms with Crippen molar-refractivity contribution in [2.24, 2.45) is 5.73 Å². The Morgan fingerprint density at radius 3 is 2.43 bits per heavy atom. The molecule has 2 amide bonds. The predicted octanol–water partition coefficient (Wildman–Crippen LogP) is 3.83. The quantitative estimate of drug-likeness (QED) is 0.625. The number of ether oxygens (including phenoxy) is 1. The van der Waals surface area contributed by atoms with Crippen molar-refractivity contribution in [1.29, 1.82) is 0 Å². The van der Waals surface area contributed by atoms with Crippen molar-refractivity contribution >= 4 is 28.6 Å². The molecule has 1 aromatic carbocycles. The van der Waals surface area contributed by atoms with Gasteiger partial charge in [0.25, 0.3) is 0 Å². The number of anilines is 1. The number of nitrogens with two attached hydrogens (primary N) is 1. The maximum Gasteiger partial charge on any atom is 0.405 e. The number of nitrogens with zero attached hydrogens (tertiary/aromatic N) is 1. The number of hydrogen-bond donors (Lipinski definition) is 3. The number of aromatic nitrogens is 1. The number of rotatable bonds is 7. The molecule has 7 heteroatoms. The lowest BCUT2D eigenvalue weighted by Crippen LogP contribution is -2.27. The monoisotopic (exact) mass is 388 g/mol. The van der Waals surface area contributed by atoms with Crippen LogP contribution in [0.4, 0.5) is 10.5 Å². The fourth-order valence-corrected chi connectivity index (χ4v) is 2.48. The Labute approximate surface area is 167 Å². The normalized spacial score (nSPS) is 10.7. The Kier molecular flexibility index (Phi) is 9.95. The first-order chi connectivity index (χ1) is 13.2. The SMILES string of the molecule is CC(C)(C)OC(N)=O.CNCCCCCC(=O)Nc1cccc2cccnc12. The van der Waals surface area contributed by atoms with E-state index in [0.717, 1.165) is 42.4 Å². The Hall–Kier alpha value is -2.67. The van der Waals surface area contributed by atoms with Gasteiger partial charge in [0, 0.05) is 18.0 Å². The predicted molar refractivity (Wildman–Crippen MR) is 113 cm³/mol. The highest BCUT2D eigenvalue weighted by Crippen LogP contribution is 2.20. The largest absolute Gasteiger partial charge is 0.444 e. The number of primary amides is 1. The van der Waals surface area contributed by atoms with Crippen LogP contribution in [0.1, 0.15) is 46.5 Å². The lowest BCUT2D eigenvalue weighted by Gasteiger charge is -2.16. The van der Waals surface area contributed by atoms with Crippen molar-refractivity contribution in [3.8, 4) is 0 Å². The summed E-state index contributed by atoms with van der Waals surface area (Å²) >= 11 is 0. The molecule has 0 unspecified atom stereocenters. The molecule has 1 heterocycles. The third kappa shape index (κ3) is 9.87. The van der Waals surface area contributed by atoms with Crippen LogP contribution in [-0.2, 0) is 9.53 Å². The minimum Gasteiger partial charge on any atom is -0.444 e. The van der Waals surface area contributed by atoms with E-state index in [9.17, 15) is 9.59 Å². The Morgan fingerprint density at radius 1 is 1.11 bits per heavy atom. The van der Waals surface area contributed by atoms with E-state index in [0.29, 0.717) is 6.42 Å². The van der Waals surface area contributed by atoms with Gasteiger partial charge < -0.3 is 21.1 Å². The molecular weight excluding hydrogens is 356 g/mol. The van der Waals surface area contributed by atoms with Gasteiger partial charge in [-0.3, -0.25) is 9.78 Å². The van der Waals surface area contributed by atoms with Gasteiger partial charge in [0.2, 0.25) is 5.91 Å². The molecule has 0 saturated carbocycles. The number of pyridine rings is 1. The van der Waals surface area contributed by atoms with E-state index in [-0.39, 0.29) is 5.91 Å². The molecule has 154 valence electrons. The molecule has 2 aromatic rings. The van der Waals surface area contributed by atoms with Crippen LogP contribution in [0.15, 0.2) is 36.5 Å². The number of fused-ring (bicyclic) bond motifs is 1. The molecule has 0 bridgehead atoms. The number of amides is 2. The lowest BCUT2D eigenvalue weighted by molar-refractivity contribution is -0.116. The molecule has 1 aromatic heterocycles. The first-order valence-electron chi connectivity index (χ1n) is 9.49. The van der Waals surface area contributed by atoms with Crippen LogP contribution in [0.3, 0.4) is 0 Å². The van der Waals surface area contributed by atoms with Crippen LogP contribution in [0.5, 0.6) is 0 Å². The van der Waals surface area contributed by atoms with Gasteiger partial charge in [-0.2, -0.15) is 0 Å². The van der Waals surface area contributed by atoms with Crippen molar-refractivity contribution in [2.45, 2.75) is 52.1 Å². The van der Waals surface area contributed by atoms with Gasteiger partial charge in [0.1, 0.15) is 5.60 Å². The number of nitrogens with one attached hydrogen (secondary N) is 2. The number of carbonyl (C=O) groups excluding carboxylic acids is 2. The molecule has 0 fully saturated rings. The van der Waals surface area contributed by atoms with Crippen LogP contribution in [-0.4, -0.2) is 36.2 Å². The fourth-order valence-electron chi connectivity index (χ4n) is 2.48. The summed E-state index contributed by atoms with van der Waals surface area (Å²) in [7, 11) is 1.94. The molecule has 0 saturated heterocycles. The van der Waals surface area contributed by atoms with E-state index in [1.165, 1.54) is 0 Å². The summed E-state index contributed by atoms with van der Waals surface area (Å²) in [5.74, 6) is 0.0626. The van der Waals surface area contributed by atoms with Crippen molar-refractivity contribution in [1.82, 2.24) is 10.3 Å². The Morgan fingerprint density at radius 2 is 1.82 bits per heavy atom. The minimum absolute atomic E-state index is 0.0626. The Balaban J connectivity index is 0.000000416. The molecule has 0 aliphatic heterocycles. The van der Waals surface area contributed by atoms with Crippen LogP contribution >= 0.6 is 0 Å². The van der Waals surface area contributed by atoms with Crippen LogP contribution in [0.25, 0.3) is 10.9 Å². The summed E-state index contributed by atoms with van der Waals surface area (Å²) in [4.78, 5) is 26.3. The summed E-state index contributed by atoms with van der Waals surface area (Å²) in [5, 5.41) is 7.11. The average Bonchev–Trinajstić information content (AvgIpc) is 2.60. The van der Waals surface area contributed by atoms with Crippen molar-refractivity contribution < 1.29 is 14.3 Å². The highest BCUT2D eigenvalue weighted by atomic mass is 16.6. The summed E-state index contributed by atoms with van der Waals surface area (Å²) < 4.78 is 4.58. The highest BCUT2D eigenvalue weighted by molar-refractivity contribution is 6.00. The molecule has 2 rings (SSSR count). The van der Waals surface area contributed by atoms with Crippen molar-refractivity contribution in [3.63, 3.8) is 0 Å². The molecular formula is C21H32N4O3. The third-order valence-electron chi connectivity index (χ3n) is 3.64. The van der Waals surface area contributed by atoms with E-state index in [1.54, 1.807) is 27.0 Å². The van der Waals surface area contributed by atoms with Gasteiger partial charge in [-0.1, -0.05) is 24.6 Å². The standard InChI is InChI=1S/C16H21N3O.C5H11NO2/c1-17-11-4-2-3-10-15(20)19-14-9-5-7-13-8-6-12-18-16(13)14;1-5(2,3)8-4(6)7/h5-9,12,17H,2-4,10-11H2,1H3,(H,19,20);1-3H3,(H2,6,7). The van der Waals surface area contributed by atoms with E-state index in [1.807, 2.05) is 37.4 Å². The summed E-state index contributed by atoms with van der Waals surface area (Å²) in [6.07, 6.45) is 4.69. The summed E-state index contributed by atoms with van der Waals surface area (Å²) in [6.45, 7) is 6.29. The van der Waals surface area contributed by atoms with Crippen molar-refractivity contribution in [2.75, 3.05) is 18.9 Å². The maximum absolute atomic E-state index is 11.9. The molecule has 0 atom stereocenters. The molecule has 0 aliphatic rings. The number of para-hydroxylation sites is 1. The van der Waals surface area contributed by atoms with Gasteiger partial charge in [-0.05, 0) is 59.3 Å². The molecule has 7 nitrogen and oxygen atoms in total. The number of hydrogen-bond acceptors (Lipinski definition) is 5. The van der Waals surface area contributed by atoms with Gasteiger partial charge in [-0.15, -0.1) is 0 Å². The molecule has 4 N–H and O–H groups in total. The van der Waals surface area contributed by atoms with Gasteiger partial charge >= 0.3 is 6.09 Å². The summed E-state index contributed by atoms with van der Waals surface area (Å²) in [5.41, 5.74) is 5.91. The zero-order valence-corrected chi connectivity index (χ0v) is 17.2. The smallest absolute Gasteiger partial charge is 0.405 e. The molecule has 28 heavy (non-hydrogen) atoms. The average molecular weight is 389 g/mol. The second kappa shape index (κ2) is 11.9. The third-order valence-corrected chi connectivity index (χ3v) is 3.64. The van der Waals surface area contributed by atoms with E-state index < -0.39 is 11.7 Å². The Bertz CT molecular complexity index is 751. The topological polar surface area (TPSA) is 106 Å². The summed E-state index contributed by atoms with van der Waals surface area (Å²) in [6, 6.07) is 9.72. The minimum atomic E-state index is -0.725. The van der Waals surface area contributed by atoms with E-state index >= 15 is 0 Å². The molecule has 0 radical (unpaired) electrons. The number of benzene rings is 1. The van der Waals surface area contributed by atoms with E-state index in [4.69, 9.17) is 5.73 Å². The molecule has 0 spiro atoms. The maximum atomic E-state index is 11.9.